The van der Waals surface area contributed by atoms with Crippen molar-refractivity contribution in [1.29, 1.82) is 0 Å². The molecule has 0 spiro atoms. The van der Waals surface area contributed by atoms with Gasteiger partial charge in [-0.05, 0) is 61.0 Å². The Morgan fingerprint density at radius 3 is 2.55 bits per heavy atom. The van der Waals surface area contributed by atoms with Crippen molar-refractivity contribution in [2.24, 2.45) is 0 Å². The van der Waals surface area contributed by atoms with Gasteiger partial charge in [0.1, 0.15) is 22.9 Å². The molecule has 2 atom stereocenters. The number of aromatic nitrogens is 2. The highest BCUT2D eigenvalue weighted by Crippen LogP contribution is 2.36. The topological polar surface area (TPSA) is 77.3 Å². The second-order valence-electron chi connectivity index (χ2n) is 9.19. The molecule has 1 saturated heterocycles. The molecule has 4 aromatic rings. The van der Waals surface area contributed by atoms with Crippen molar-refractivity contribution in [3.05, 3.63) is 84.3 Å². The van der Waals surface area contributed by atoms with E-state index in [1.165, 1.54) is 0 Å². The average molecular weight is 533 g/mol. The molecule has 0 unspecified atom stereocenters. The number of rotatable bonds is 10. The molecule has 3 heterocycles. The van der Waals surface area contributed by atoms with Crippen LogP contribution in [-0.4, -0.2) is 59.4 Å². The molecule has 1 aliphatic rings. The van der Waals surface area contributed by atoms with Crippen LogP contribution in [0.4, 0.5) is 0 Å². The molecule has 1 aliphatic heterocycles. The second kappa shape index (κ2) is 11.8. The van der Waals surface area contributed by atoms with Crippen LogP contribution in [0.5, 0.6) is 17.2 Å². The van der Waals surface area contributed by atoms with E-state index in [0.717, 1.165) is 52.0 Å². The van der Waals surface area contributed by atoms with Gasteiger partial charge in [0.2, 0.25) is 5.91 Å². The smallest absolute Gasteiger partial charge is 0.237 e. The summed E-state index contributed by atoms with van der Waals surface area (Å²) in [6.07, 6.45) is 4.64. The standard InChI is InChI=1S/C29H32N4O4S/c1-35-22-7-10-24(11-8-22)38-25-15-26(29(34)30-16-21-18-32-13-5-4-6-28(32)31-21)33(19-25)17-20-14-23(36-2)9-12-27(20)37-3/h4-14,18,25-26H,15-17,19H2,1-3H3,(H,30,34)/t25-,26+/m1/s1. The van der Waals surface area contributed by atoms with E-state index in [4.69, 9.17) is 14.2 Å². The first-order chi connectivity index (χ1) is 18.6. The first kappa shape index (κ1) is 25.9. The maximum atomic E-state index is 13.5. The van der Waals surface area contributed by atoms with Gasteiger partial charge in [0, 0.05) is 41.2 Å². The second-order valence-corrected chi connectivity index (χ2v) is 10.6. The van der Waals surface area contributed by atoms with Crippen LogP contribution in [0.3, 0.4) is 0 Å². The third kappa shape index (κ3) is 5.89. The lowest BCUT2D eigenvalue weighted by Gasteiger charge is -2.24. The number of hydrogen-bond donors (Lipinski definition) is 1. The van der Waals surface area contributed by atoms with Crippen molar-refractivity contribution < 1.29 is 19.0 Å². The van der Waals surface area contributed by atoms with Crippen LogP contribution in [-0.2, 0) is 17.9 Å². The molecule has 198 valence electrons. The lowest BCUT2D eigenvalue weighted by atomic mass is 10.1. The number of carbonyl (C=O) groups excluding carboxylic acids is 1. The fourth-order valence-corrected chi connectivity index (χ4v) is 6.06. The Bertz CT molecular complexity index is 1360. The van der Waals surface area contributed by atoms with Crippen LogP contribution in [0.2, 0.25) is 0 Å². The number of thioether (sulfide) groups is 1. The lowest BCUT2D eigenvalue weighted by molar-refractivity contribution is -0.125. The minimum absolute atomic E-state index is 0.00162. The van der Waals surface area contributed by atoms with Gasteiger partial charge in [-0.15, -0.1) is 11.8 Å². The molecule has 2 aromatic heterocycles. The molecule has 2 aromatic carbocycles. The molecule has 0 aliphatic carbocycles. The van der Waals surface area contributed by atoms with Crippen molar-refractivity contribution in [3.63, 3.8) is 0 Å². The minimum atomic E-state index is -0.279. The van der Waals surface area contributed by atoms with Gasteiger partial charge in [-0.1, -0.05) is 6.07 Å². The summed E-state index contributed by atoms with van der Waals surface area (Å²) in [4.78, 5) is 21.5. The van der Waals surface area contributed by atoms with Crippen LogP contribution < -0.4 is 19.5 Å². The number of benzene rings is 2. The highest BCUT2D eigenvalue weighted by molar-refractivity contribution is 8.00. The predicted octanol–water partition coefficient (Wildman–Crippen LogP) is 4.41. The quantitative estimate of drug-likeness (QED) is 0.324. The molecule has 5 rings (SSSR count). The Hall–Kier alpha value is -3.69. The van der Waals surface area contributed by atoms with Gasteiger partial charge in [-0.25, -0.2) is 4.98 Å². The number of nitrogens with zero attached hydrogens (tertiary/aromatic N) is 3. The van der Waals surface area contributed by atoms with Crippen LogP contribution in [0, 0.1) is 0 Å². The first-order valence-electron chi connectivity index (χ1n) is 12.5. The summed E-state index contributed by atoms with van der Waals surface area (Å²) in [5.74, 6) is 2.37. The zero-order valence-corrected chi connectivity index (χ0v) is 22.6. The van der Waals surface area contributed by atoms with Gasteiger partial charge < -0.3 is 23.9 Å². The zero-order valence-electron chi connectivity index (χ0n) is 21.8. The van der Waals surface area contributed by atoms with Crippen LogP contribution in [0.25, 0.3) is 5.65 Å². The SMILES string of the molecule is COc1ccc(S[C@@H]2C[C@@H](C(=O)NCc3cn4ccccc4n3)N(Cc3cc(OC)ccc3OC)C2)cc1. The highest BCUT2D eigenvalue weighted by Gasteiger charge is 2.37. The molecular formula is C29H32N4O4S. The Kier molecular flexibility index (Phi) is 8.05. The number of ether oxygens (including phenoxy) is 3. The van der Waals surface area contributed by atoms with E-state index in [0.29, 0.717) is 13.1 Å². The van der Waals surface area contributed by atoms with E-state index in [1.54, 1.807) is 33.1 Å². The monoisotopic (exact) mass is 532 g/mol. The van der Waals surface area contributed by atoms with Crippen molar-refractivity contribution >= 4 is 23.3 Å². The highest BCUT2D eigenvalue weighted by atomic mass is 32.2. The summed E-state index contributed by atoms with van der Waals surface area (Å²) >= 11 is 1.79. The summed E-state index contributed by atoms with van der Waals surface area (Å²) in [6.45, 7) is 1.72. The van der Waals surface area contributed by atoms with Gasteiger partial charge in [0.05, 0.1) is 39.6 Å². The lowest BCUT2D eigenvalue weighted by Crippen LogP contribution is -2.42. The molecule has 8 nitrogen and oxygen atoms in total. The molecule has 1 amide bonds. The molecular weight excluding hydrogens is 500 g/mol. The number of nitrogens with one attached hydrogen (secondary N) is 1. The van der Waals surface area contributed by atoms with E-state index in [2.05, 4.69) is 27.3 Å². The van der Waals surface area contributed by atoms with E-state index in [1.807, 2.05) is 65.3 Å². The molecule has 0 radical (unpaired) electrons. The molecule has 38 heavy (non-hydrogen) atoms. The first-order valence-corrected chi connectivity index (χ1v) is 13.4. The van der Waals surface area contributed by atoms with E-state index in [9.17, 15) is 4.79 Å². The molecule has 0 saturated carbocycles. The van der Waals surface area contributed by atoms with Crippen molar-refractivity contribution in [2.75, 3.05) is 27.9 Å². The average Bonchev–Trinajstić information content (AvgIpc) is 3.55. The Morgan fingerprint density at radius 1 is 1.03 bits per heavy atom. The fraction of sp³-hybridized carbons (Fsp3) is 0.310. The Balaban J connectivity index is 1.33. The molecule has 1 fully saturated rings. The Morgan fingerprint density at radius 2 is 1.82 bits per heavy atom. The summed E-state index contributed by atoms with van der Waals surface area (Å²) in [6, 6.07) is 19.4. The van der Waals surface area contributed by atoms with E-state index in [-0.39, 0.29) is 17.2 Å². The summed E-state index contributed by atoms with van der Waals surface area (Å²) in [5, 5.41) is 3.39. The number of fused-ring (bicyclic) bond motifs is 1. The largest absolute Gasteiger partial charge is 0.497 e. The maximum Gasteiger partial charge on any atom is 0.237 e. The van der Waals surface area contributed by atoms with Gasteiger partial charge in [0.15, 0.2) is 0 Å². The van der Waals surface area contributed by atoms with Gasteiger partial charge in [0.25, 0.3) is 0 Å². The van der Waals surface area contributed by atoms with Gasteiger partial charge >= 0.3 is 0 Å². The maximum absolute atomic E-state index is 13.5. The van der Waals surface area contributed by atoms with Crippen LogP contribution in [0.1, 0.15) is 17.7 Å². The third-order valence-electron chi connectivity index (χ3n) is 6.75. The van der Waals surface area contributed by atoms with E-state index >= 15 is 0 Å². The summed E-state index contributed by atoms with van der Waals surface area (Å²) in [5.41, 5.74) is 2.67. The number of methoxy groups -OCH3 is 3. The minimum Gasteiger partial charge on any atom is -0.497 e. The molecule has 0 bridgehead atoms. The number of amides is 1. The third-order valence-corrected chi connectivity index (χ3v) is 7.97. The zero-order chi connectivity index (χ0) is 26.5. The fourth-order valence-electron chi connectivity index (χ4n) is 4.83. The Labute approximate surface area is 226 Å². The van der Waals surface area contributed by atoms with Crippen molar-refractivity contribution in [3.8, 4) is 17.2 Å². The normalized spacial score (nSPS) is 17.4. The summed E-state index contributed by atoms with van der Waals surface area (Å²) < 4.78 is 18.3. The number of likely N-dealkylation sites (tertiary alicyclic amines) is 1. The van der Waals surface area contributed by atoms with Crippen LogP contribution >= 0.6 is 11.8 Å². The van der Waals surface area contributed by atoms with Crippen LogP contribution in [0.15, 0.2) is 78.0 Å². The molecule has 9 heteroatoms. The molecule has 1 N–H and O–H groups in total. The van der Waals surface area contributed by atoms with Gasteiger partial charge in [-0.2, -0.15) is 0 Å². The number of hydrogen-bond acceptors (Lipinski definition) is 7. The number of imidazole rings is 1. The predicted molar refractivity (Wildman–Crippen MR) is 148 cm³/mol. The van der Waals surface area contributed by atoms with E-state index < -0.39 is 0 Å². The van der Waals surface area contributed by atoms with Gasteiger partial charge in [-0.3, -0.25) is 9.69 Å². The number of carbonyl (C=O) groups is 1. The van der Waals surface area contributed by atoms with Crippen molar-refractivity contribution in [2.45, 2.75) is 35.7 Å². The number of pyridine rings is 1. The summed E-state index contributed by atoms with van der Waals surface area (Å²) in [7, 11) is 4.98. The van der Waals surface area contributed by atoms with Crippen molar-refractivity contribution in [1.82, 2.24) is 19.6 Å².